The molecule has 0 aliphatic heterocycles. The van der Waals surface area contributed by atoms with E-state index >= 15 is 0 Å². The number of hydrogen-bond acceptors (Lipinski definition) is 4. The number of aromatic hydroxyl groups is 2. The number of benzene rings is 4. The Morgan fingerprint density at radius 1 is 0.446 bits per heavy atom. The largest absolute Gasteiger partial charge is 0.507 e. The molecule has 0 saturated carbocycles. The Morgan fingerprint density at radius 2 is 0.732 bits per heavy atom. The predicted molar refractivity (Wildman–Crippen MR) is 241 cm³/mol. The highest BCUT2D eigenvalue weighted by Crippen LogP contribution is 2.40. The van der Waals surface area contributed by atoms with Gasteiger partial charge >= 0.3 is 0 Å². The van der Waals surface area contributed by atoms with Crippen LogP contribution in [-0.4, -0.2) is 23.4 Å². The van der Waals surface area contributed by atoms with Crippen LogP contribution in [0.25, 0.3) is 0 Å². The number of hydrogen-bond donors (Lipinski definition) is 2. The van der Waals surface area contributed by atoms with Crippen molar-refractivity contribution in [2.45, 2.75) is 128 Å². The molecule has 0 atom stereocenters. The average Bonchev–Trinajstić information content (AvgIpc) is 3.18. The standard InChI is InChI=1S/C50H62Br2O4/c1-3-5-7-9-11-13-15-17-19-27-55-49-37-23-21-24-38(49)30-42-34-46(52)36-44(48(42)54)32-40-26-22-25-39(31-43-35-45(51)33-41(29-37)47(43)53)50(40)56-28-20-18-16-14-12-10-8-6-4-2/h3-4,21-26,33-36,53-54H,1-2,5-20,27-32H2. The van der Waals surface area contributed by atoms with Crippen LogP contribution in [0.1, 0.15) is 147 Å². The van der Waals surface area contributed by atoms with Gasteiger partial charge < -0.3 is 19.7 Å². The Labute approximate surface area is 353 Å². The molecular weight excluding hydrogens is 824 g/mol. The van der Waals surface area contributed by atoms with E-state index in [2.05, 4.69) is 81.4 Å². The second-order valence-electron chi connectivity index (χ2n) is 15.5. The number of para-hydroxylation sites is 2. The first-order chi connectivity index (χ1) is 27.4. The summed E-state index contributed by atoms with van der Waals surface area (Å²) in [5.41, 5.74) is 7.46. The van der Waals surface area contributed by atoms with Crippen LogP contribution in [0.3, 0.4) is 0 Å². The second-order valence-corrected chi connectivity index (χ2v) is 17.3. The molecule has 4 nitrogen and oxygen atoms in total. The van der Waals surface area contributed by atoms with Crippen LogP contribution in [0.15, 0.2) is 94.9 Å². The summed E-state index contributed by atoms with van der Waals surface area (Å²) in [5.74, 6) is 2.31. The van der Waals surface area contributed by atoms with Crippen LogP contribution < -0.4 is 9.47 Å². The first-order valence-corrected chi connectivity index (χ1v) is 22.7. The summed E-state index contributed by atoms with van der Waals surface area (Å²) < 4.78 is 15.2. The number of allylic oxidation sites excluding steroid dienone is 2. The minimum atomic E-state index is 0.306. The van der Waals surface area contributed by atoms with Crippen LogP contribution in [0.4, 0.5) is 0 Å². The first kappa shape index (κ1) is 43.6. The second kappa shape index (κ2) is 23.7. The number of ether oxygens (including phenoxy) is 2. The smallest absolute Gasteiger partial charge is 0.126 e. The summed E-state index contributed by atoms with van der Waals surface area (Å²) >= 11 is 7.55. The van der Waals surface area contributed by atoms with E-state index in [4.69, 9.17) is 9.47 Å². The Morgan fingerprint density at radius 3 is 1.04 bits per heavy atom. The molecule has 5 rings (SSSR count). The Bertz CT molecular complexity index is 1640. The molecule has 2 N–H and O–H groups in total. The number of halogens is 2. The summed E-state index contributed by atoms with van der Waals surface area (Å²) in [6, 6.07) is 20.6. The Kier molecular flexibility index (Phi) is 18.5. The summed E-state index contributed by atoms with van der Waals surface area (Å²) in [6.45, 7) is 8.91. The molecule has 300 valence electrons. The van der Waals surface area contributed by atoms with Crippen LogP contribution in [0.2, 0.25) is 0 Å². The molecule has 0 amide bonds. The maximum absolute atomic E-state index is 11.9. The van der Waals surface area contributed by atoms with Gasteiger partial charge in [-0.3, -0.25) is 0 Å². The molecule has 6 heteroatoms. The van der Waals surface area contributed by atoms with Crippen molar-refractivity contribution in [1.29, 1.82) is 0 Å². The Balaban J connectivity index is 1.40. The van der Waals surface area contributed by atoms with E-state index in [0.717, 1.165) is 103 Å². The molecule has 1 aliphatic rings. The maximum atomic E-state index is 11.9. The third-order valence-corrected chi connectivity index (χ3v) is 11.9. The van der Waals surface area contributed by atoms with Crippen molar-refractivity contribution in [2.24, 2.45) is 0 Å². The Hall–Kier alpha value is -3.48. The van der Waals surface area contributed by atoms with Gasteiger partial charge in [0.1, 0.15) is 23.0 Å². The summed E-state index contributed by atoms with van der Waals surface area (Å²) in [5, 5.41) is 23.8. The normalized spacial score (nSPS) is 12.3. The minimum absolute atomic E-state index is 0.306. The lowest BCUT2D eigenvalue weighted by molar-refractivity contribution is 0.299. The first-order valence-electron chi connectivity index (χ1n) is 21.1. The van der Waals surface area contributed by atoms with Gasteiger partial charge in [0.15, 0.2) is 0 Å². The third kappa shape index (κ3) is 13.3. The summed E-state index contributed by atoms with van der Waals surface area (Å²) in [4.78, 5) is 0. The van der Waals surface area contributed by atoms with E-state index in [9.17, 15) is 10.2 Å². The van der Waals surface area contributed by atoms with Crippen LogP contribution in [0, 0.1) is 0 Å². The minimum Gasteiger partial charge on any atom is -0.507 e. The molecule has 0 aromatic heterocycles. The molecule has 56 heavy (non-hydrogen) atoms. The number of phenolic OH excluding ortho intramolecular Hbond substituents is 2. The van der Waals surface area contributed by atoms with E-state index in [1.165, 1.54) is 64.2 Å². The maximum Gasteiger partial charge on any atom is 0.126 e. The molecule has 0 heterocycles. The van der Waals surface area contributed by atoms with Gasteiger partial charge in [-0.2, -0.15) is 0 Å². The number of fused-ring (bicyclic) bond motifs is 8. The highest BCUT2D eigenvalue weighted by Gasteiger charge is 2.21. The zero-order valence-electron chi connectivity index (χ0n) is 33.4. The van der Waals surface area contributed by atoms with Crippen molar-refractivity contribution < 1.29 is 19.7 Å². The van der Waals surface area contributed by atoms with Crippen LogP contribution in [-0.2, 0) is 25.7 Å². The van der Waals surface area contributed by atoms with E-state index in [-0.39, 0.29) is 0 Å². The van der Waals surface area contributed by atoms with Gasteiger partial charge in [-0.05, 0) is 107 Å². The average molecular weight is 887 g/mol. The molecule has 4 aromatic rings. The van der Waals surface area contributed by atoms with Crippen molar-refractivity contribution in [2.75, 3.05) is 13.2 Å². The van der Waals surface area contributed by atoms with Crippen LogP contribution >= 0.6 is 31.9 Å². The molecular formula is C50H62Br2O4. The van der Waals surface area contributed by atoms with Crippen molar-refractivity contribution in [1.82, 2.24) is 0 Å². The van der Waals surface area contributed by atoms with Gasteiger partial charge in [0.25, 0.3) is 0 Å². The molecule has 0 saturated heterocycles. The predicted octanol–water partition coefficient (Wildman–Crippen LogP) is 14.7. The highest BCUT2D eigenvalue weighted by molar-refractivity contribution is 9.10. The molecule has 0 unspecified atom stereocenters. The number of unbranched alkanes of at least 4 members (excludes halogenated alkanes) is 14. The van der Waals surface area contributed by atoms with E-state index < -0.39 is 0 Å². The topological polar surface area (TPSA) is 58.9 Å². The molecule has 0 radical (unpaired) electrons. The molecule has 4 aromatic carbocycles. The van der Waals surface area contributed by atoms with Gasteiger partial charge in [-0.1, -0.05) is 145 Å². The number of phenols is 2. The lowest BCUT2D eigenvalue weighted by Gasteiger charge is -2.21. The van der Waals surface area contributed by atoms with Crippen molar-refractivity contribution in [3.8, 4) is 23.0 Å². The van der Waals surface area contributed by atoms with Gasteiger partial charge in [0.2, 0.25) is 0 Å². The SMILES string of the molecule is C=CCCCCCCCCCOc1c2cccc1Cc1cc(Br)cc(c1O)Cc1cccc(c1OCCCCCCCCCC=C)Cc1cc(Br)cc(c1O)C2. The lowest BCUT2D eigenvalue weighted by Crippen LogP contribution is -2.07. The highest BCUT2D eigenvalue weighted by atomic mass is 79.9. The number of rotatable bonds is 22. The van der Waals surface area contributed by atoms with Crippen molar-refractivity contribution >= 4 is 31.9 Å². The quantitative estimate of drug-likeness (QED) is 0.0537. The molecule has 0 spiro atoms. The fourth-order valence-electron chi connectivity index (χ4n) is 7.90. The van der Waals surface area contributed by atoms with E-state index in [1.54, 1.807) is 0 Å². The van der Waals surface area contributed by atoms with E-state index in [0.29, 0.717) is 50.4 Å². The van der Waals surface area contributed by atoms with E-state index in [1.807, 2.05) is 36.4 Å². The van der Waals surface area contributed by atoms with Gasteiger partial charge in [-0.25, -0.2) is 0 Å². The zero-order valence-corrected chi connectivity index (χ0v) is 36.5. The van der Waals surface area contributed by atoms with Gasteiger partial charge in [0, 0.05) is 34.6 Å². The summed E-state index contributed by atoms with van der Waals surface area (Å²) in [7, 11) is 0. The lowest BCUT2D eigenvalue weighted by atomic mass is 9.91. The summed E-state index contributed by atoms with van der Waals surface area (Å²) in [6.07, 6.45) is 25.0. The third-order valence-electron chi connectivity index (χ3n) is 10.9. The van der Waals surface area contributed by atoms with Crippen molar-refractivity contribution in [3.63, 3.8) is 0 Å². The molecule has 0 fully saturated rings. The van der Waals surface area contributed by atoms with Crippen molar-refractivity contribution in [3.05, 3.63) is 139 Å². The zero-order chi connectivity index (χ0) is 39.5. The fraction of sp³-hybridized carbons (Fsp3) is 0.440. The fourth-order valence-corrected chi connectivity index (χ4v) is 9.00. The van der Waals surface area contributed by atoms with Gasteiger partial charge in [-0.15, -0.1) is 13.2 Å². The molecule has 1 aliphatic carbocycles. The monoisotopic (exact) mass is 884 g/mol. The van der Waals surface area contributed by atoms with Crippen LogP contribution in [0.5, 0.6) is 23.0 Å². The van der Waals surface area contributed by atoms with Gasteiger partial charge in [0.05, 0.1) is 13.2 Å². The molecule has 8 bridgehead atoms.